The molecule has 2 N–H and O–H groups in total. The summed E-state index contributed by atoms with van der Waals surface area (Å²) in [6.07, 6.45) is 1.63. The van der Waals surface area contributed by atoms with E-state index in [2.05, 4.69) is 109 Å². The van der Waals surface area contributed by atoms with E-state index in [-0.39, 0.29) is 0 Å². The van der Waals surface area contributed by atoms with Crippen LogP contribution in [-0.4, -0.2) is 10.2 Å². The first kappa shape index (κ1) is 27.1. The Balaban J connectivity index is 1.42. The van der Waals surface area contributed by atoms with Gasteiger partial charge in [-0.15, -0.1) is 0 Å². The zero-order valence-electron chi connectivity index (χ0n) is 24.0. The van der Waals surface area contributed by atoms with Crippen LogP contribution >= 0.6 is 0 Å². The standard InChI is InChI=1S/C37H37NO2/c1-24-6-12-33(13-7-24)38(34-14-8-29(9-15-34)22-31-18-25(2)36(39)26(3)19-31)35-16-10-30(11-17-35)23-32-20-27(4)37(40)28(5)21-32/h6-21,39-40H,22-23H2,1-5H3. The maximum absolute atomic E-state index is 10.1. The Kier molecular flexibility index (Phi) is 7.66. The van der Waals surface area contributed by atoms with Crippen molar-refractivity contribution in [1.29, 1.82) is 0 Å². The average Bonchev–Trinajstić information content (AvgIpc) is 2.93. The fourth-order valence-corrected chi connectivity index (χ4v) is 5.43. The van der Waals surface area contributed by atoms with Crippen LogP contribution in [0.5, 0.6) is 11.5 Å². The number of hydrogen-bond acceptors (Lipinski definition) is 3. The number of benzene rings is 5. The van der Waals surface area contributed by atoms with E-state index in [0.29, 0.717) is 11.5 Å². The second-order valence-corrected chi connectivity index (χ2v) is 11.0. The molecule has 3 nitrogen and oxygen atoms in total. The number of phenols is 2. The Bertz CT molecular complexity index is 1480. The van der Waals surface area contributed by atoms with Crippen molar-refractivity contribution in [3.63, 3.8) is 0 Å². The van der Waals surface area contributed by atoms with Gasteiger partial charge in [0.1, 0.15) is 11.5 Å². The van der Waals surface area contributed by atoms with Gasteiger partial charge in [0.2, 0.25) is 0 Å². The molecule has 0 aliphatic heterocycles. The van der Waals surface area contributed by atoms with Gasteiger partial charge in [-0.3, -0.25) is 0 Å². The molecular formula is C37H37NO2. The molecule has 0 amide bonds. The van der Waals surface area contributed by atoms with Gasteiger partial charge in [-0.2, -0.15) is 0 Å². The van der Waals surface area contributed by atoms with Crippen molar-refractivity contribution in [2.45, 2.75) is 47.5 Å². The molecule has 202 valence electrons. The van der Waals surface area contributed by atoms with E-state index >= 15 is 0 Å². The monoisotopic (exact) mass is 527 g/mol. The molecule has 40 heavy (non-hydrogen) atoms. The molecule has 0 radical (unpaired) electrons. The van der Waals surface area contributed by atoms with Gasteiger partial charge >= 0.3 is 0 Å². The molecule has 0 saturated carbocycles. The second kappa shape index (κ2) is 11.3. The molecule has 0 atom stereocenters. The van der Waals surface area contributed by atoms with Gasteiger partial charge in [0.05, 0.1) is 0 Å². The summed E-state index contributed by atoms with van der Waals surface area (Å²) in [5.41, 5.74) is 13.1. The summed E-state index contributed by atoms with van der Waals surface area (Å²) in [7, 11) is 0. The fourth-order valence-electron chi connectivity index (χ4n) is 5.43. The van der Waals surface area contributed by atoms with Gasteiger partial charge in [-0.25, -0.2) is 0 Å². The van der Waals surface area contributed by atoms with E-state index in [4.69, 9.17) is 0 Å². The number of anilines is 3. The van der Waals surface area contributed by atoms with E-state index in [9.17, 15) is 10.2 Å². The van der Waals surface area contributed by atoms with Gasteiger partial charge in [0.25, 0.3) is 0 Å². The molecule has 0 aliphatic carbocycles. The van der Waals surface area contributed by atoms with E-state index in [1.54, 1.807) is 0 Å². The van der Waals surface area contributed by atoms with Gasteiger partial charge in [0.15, 0.2) is 0 Å². The maximum Gasteiger partial charge on any atom is 0.121 e. The van der Waals surface area contributed by atoms with Crippen molar-refractivity contribution in [2.75, 3.05) is 4.90 Å². The van der Waals surface area contributed by atoms with E-state index in [1.807, 2.05) is 27.7 Å². The topological polar surface area (TPSA) is 43.7 Å². The first-order valence-corrected chi connectivity index (χ1v) is 13.8. The molecule has 0 aromatic heterocycles. The minimum absolute atomic E-state index is 0.382. The molecule has 0 aliphatic rings. The SMILES string of the molecule is Cc1ccc(N(c2ccc(Cc3cc(C)c(O)c(C)c3)cc2)c2ccc(Cc3cc(C)c(O)c(C)c3)cc2)cc1. The molecule has 0 unspecified atom stereocenters. The predicted octanol–water partition coefficient (Wildman–Crippen LogP) is 9.29. The number of aromatic hydroxyl groups is 2. The Hall–Kier alpha value is -4.50. The van der Waals surface area contributed by atoms with Crippen LogP contribution in [0.2, 0.25) is 0 Å². The van der Waals surface area contributed by atoms with Gasteiger partial charge in [-0.1, -0.05) is 66.2 Å². The Labute approximate surface area is 238 Å². The molecular weight excluding hydrogens is 490 g/mol. The maximum atomic E-state index is 10.1. The van der Waals surface area contributed by atoms with Crippen molar-refractivity contribution >= 4 is 17.1 Å². The van der Waals surface area contributed by atoms with Crippen LogP contribution < -0.4 is 4.90 Å². The van der Waals surface area contributed by atoms with Crippen molar-refractivity contribution < 1.29 is 10.2 Å². The van der Waals surface area contributed by atoms with Crippen molar-refractivity contribution in [2.24, 2.45) is 0 Å². The van der Waals surface area contributed by atoms with Crippen LogP contribution in [0.1, 0.15) is 50.1 Å². The van der Waals surface area contributed by atoms with Crippen LogP contribution in [0, 0.1) is 34.6 Å². The summed E-state index contributed by atoms with van der Waals surface area (Å²) in [4.78, 5) is 2.29. The van der Waals surface area contributed by atoms with Gasteiger partial charge < -0.3 is 15.1 Å². The molecule has 0 saturated heterocycles. The van der Waals surface area contributed by atoms with E-state index in [0.717, 1.165) is 52.2 Å². The molecule has 3 heteroatoms. The lowest BCUT2D eigenvalue weighted by atomic mass is 9.99. The quantitative estimate of drug-likeness (QED) is 0.222. The number of hydrogen-bond donors (Lipinski definition) is 2. The number of nitrogens with zero attached hydrogens (tertiary/aromatic N) is 1. The van der Waals surface area contributed by atoms with Crippen LogP contribution in [0.25, 0.3) is 0 Å². The number of aryl methyl sites for hydroxylation is 5. The lowest BCUT2D eigenvalue weighted by molar-refractivity contribution is 0.466. The summed E-state index contributed by atoms with van der Waals surface area (Å²) in [5.74, 6) is 0.763. The summed E-state index contributed by atoms with van der Waals surface area (Å²) in [6, 6.07) is 34.4. The number of phenolic OH excluding ortho intramolecular Hbond substituents is 2. The van der Waals surface area contributed by atoms with Crippen molar-refractivity contribution in [1.82, 2.24) is 0 Å². The zero-order chi connectivity index (χ0) is 28.4. The van der Waals surface area contributed by atoms with Crippen LogP contribution in [0.15, 0.2) is 97.1 Å². The van der Waals surface area contributed by atoms with E-state index in [1.165, 1.54) is 27.8 Å². The Morgan fingerprint density at radius 2 is 0.725 bits per heavy atom. The van der Waals surface area contributed by atoms with Gasteiger partial charge in [0, 0.05) is 17.1 Å². The summed E-state index contributed by atoms with van der Waals surface area (Å²) in [5, 5.41) is 20.3. The third kappa shape index (κ3) is 5.89. The second-order valence-electron chi connectivity index (χ2n) is 11.0. The average molecular weight is 528 g/mol. The third-order valence-corrected chi connectivity index (χ3v) is 7.60. The van der Waals surface area contributed by atoms with Crippen molar-refractivity contribution in [3.05, 3.63) is 147 Å². The normalized spacial score (nSPS) is 11.0. The largest absolute Gasteiger partial charge is 0.507 e. The van der Waals surface area contributed by atoms with E-state index < -0.39 is 0 Å². The Morgan fingerprint density at radius 3 is 1.05 bits per heavy atom. The highest BCUT2D eigenvalue weighted by Gasteiger charge is 2.13. The Morgan fingerprint density at radius 1 is 0.425 bits per heavy atom. The highest BCUT2D eigenvalue weighted by molar-refractivity contribution is 5.76. The molecule has 0 fully saturated rings. The van der Waals surface area contributed by atoms with Crippen molar-refractivity contribution in [3.8, 4) is 11.5 Å². The molecule has 0 spiro atoms. The first-order chi connectivity index (χ1) is 19.2. The predicted molar refractivity (Wildman–Crippen MR) is 167 cm³/mol. The first-order valence-electron chi connectivity index (χ1n) is 13.8. The highest BCUT2D eigenvalue weighted by atomic mass is 16.3. The molecule has 5 aromatic rings. The third-order valence-electron chi connectivity index (χ3n) is 7.60. The molecule has 0 heterocycles. The lowest BCUT2D eigenvalue weighted by Gasteiger charge is -2.26. The number of rotatable bonds is 7. The molecule has 5 rings (SSSR count). The van der Waals surface area contributed by atoms with Crippen LogP contribution in [-0.2, 0) is 12.8 Å². The minimum atomic E-state index is 0.382. The van der Waals surface area contributed by atoms with Crippen LogP contribution in [0.4, 0.5) is 17.1 Å². The summed E-state index contributed by atoms with van der Waals surface area (Å²) < 4.78 is 0. The molecule has 5 aromatic carbocycles. The minimum Gasteiger partial charge on any atom is -0.507 e. The highest BCUT2D eigenvalue weighted by Crippen LogP contribution is 2.35. The van der Waals surface area contributed by atoms with Gasteiger partial charge in [-0.05, 0) is 128 Å². The zero-order valence-corrected chi connectivity index (χ0v) is 24.0. The molecule has 0 bridgehead atoms. The smallest absolute Gasteiger partial charge is 0.121 e. The lowest BCUT2D eigenvalue weighted by Crippen LogP contribution is -2.10. The fraction of sp³-hybridized carbons (Fsp3) is 0.189. The summed E-state index contributed by atoms with van der Waals surface area (Å²) in [6.45, 7) is 9.91. The van der Waals surface area contributed by atoms with Crippen LogP contribution in [0.3, 0.4) is 0 Å². The summed E-state index contributed by atoms with van der Waals surface area (Å²) >= 11 is 0.